The van der Waals surface area contributed by atoms with Crippen molar-refractivity contribution >= 4 is 12.0 Å². The lowest BCUT2D eigenvalue weighted by Crippen LogP contribution is -2.42. The van der Waals surface area contributed by atoms with Gasteiger partial charge in [0.1, 0.15) is 0 Å². The molecule has 1 rings (SSSR count). The number of aliphatic carboxylic acids is 1. The molecule has 1 fully saturated rings. The van der Waals surface area contributed by atoms with Gasteiger partial charge in [-0.25, -0.2) is 4.79 Å². The molecule has 6 nitrogen and oxygen atoms in total. The maximum Gasteiger partial charge on any atom is 0.317 e. The number of nitrogens with one attached hydrogen (secondary N) is 1. The second-order valence-electron chi connectivity index (χ2n) is 4.87. The van der Waals surface area contributed by atoms with Gasteiger partial charge in [-0.1, -0.05) is 13.3 Å². The van der Waals surface area contributed by atoms with E-state index in [2.05, 4.69) is 12.2 Å². The standard InChI is InChI=1S/C13H24N2O4/c1-3-10-5-6-15(9-10)13(18)14-8-11(19-4-2)7-12(16)17/h10-11H,3-9H2,1-2H3,(H,14,18)(H,16,17). The number of carboxylic acids is 1. The average molecular weight is 272 g/mol. The molecule has 2 N–H and O–H groups in total. The van der Waals surface area contributed by atoms with Gasteiger partial charge in [0.05, 0.1) is 12.5 Å². The molecular weight excluding hydrogens is 248 g/mol. The molecule has 2 unspecified atom stereocenters. The zero-order chi connectivity index (χ0) is 14.3. The normalized spacial score (nSPS) is 20.3. The van der Waals surface area contributed by atoms with Crippen molar-refractivity contribution in [3.63, 3.8) is 0 Å². The number of likely N-dealkylation sites (tertiary alicyclic amines) is 1. The fourth-order valence-corrected chi connectivity index (χ4v) is 2.28. The van der Waals surface area contributed by atoms with Gasteiger partial charge in [-0.3, -0.25) is 4.79 Å². The first-order chi connectivity index (χ1) is 9.06. The van der Waals surface area contributed by atoms with Crippen LogP contribution in [-0.4, -0.2) is 54.4 Å². The highest BCUT2D eigenvalue weighted by Crippen LogP contribution is 2.18. The Labute approximate surface area is 114 Å². The summed E-state index contributed by atoms with van der Waals surface area (Å²) in [7, 11) is 0. The molecule has 110 valence electrons. The van der Waals surface area contributed by atoms with Crippen molar-refractivity contribution in [1.29, 1.82) is 0 Å². The Balaban J connectivity index is 2.33. The Hall–Kier alpha value is -1.30. The van der Waals surface area contributed by atoms with E-state index in [9.17, 15) is 9.59 Å². The largest absolute Gasteiger partial charge is 0.481 e. The molecule has 0 aliphatic carbocycles. The molecule has 2 atom stereocenters. The van der Waals surface area contributed by atoms with Crippen LogP contribution in [0.25, 0.3) is 0 Å². The molecule has 1 aliphatic heterocycles. The van der Waals surface area contributed by atoms with Crippen molar-refractivity contribution in [3.8, 4) is 0 Å². The van der Waals surface area contributed by atoms with Gasteiger partial charge in [-0.2, -0.15) is 0 Å². The summed E-state index contributed by atoms with van der Waals surface area (Å²) in [6.07, 6.45) is 1.58. The van der Waals surface area contributed by atoms with Gasteiger partial charge in [-0.05, 0) is 19.3 Å². The Bertz CT molecular complexity index is 309. The molecule has 0 spiro atoms. The summed E-state index contributed by atoms with van der Waals surface area (Å²) in [6.45, 7) is 6.19. The monoisotopic (exact) mass is 272 g/mol. The first kappa shape index (κ1) is 15.8. The Kier molecular flexibility index (Phi) is 6.62. The van der Waals surface area contributed by atoms with Crippen molar-refractivity contribution in [2.24, 2.45) is 5.92 Å². The van der Waals surface area contributed by atoms with Crippen LogP contribution < -0.4 is 5.32 Å². The third kappa shape index (κ3) is 5.46. The van der Waals surface area contributed by atoms with E-state index in [4.69, 9.17) is 9.84 Å². The zero-order valence-corrected chi connectivity index (χ0v) is 11.7. The number of rotatable bonds is 7. The number of amides is 2. The molecule has 1 heterocycles. The number of hydrogen-bond donors (Lipinski definition) is 2. The maximum atomic E-state index is 11.9. The molecule has 0 bridgehead atoms. The van der Waals surface area contributed by atoms with Crippen molar-refractivity contribution in [1.82, 2.24) is 10.2 Å². The SMILES string of the molecule is CCOC(CNC(=O)N1CCC(CC)C1)CC(=O)O. The topological polar surface area (TPSA) is 78.9 Å². The van der Waals surface area contributed by atoms with Gasteiger partial charge in [0.2, 0.25) is 0 Å². The molecular formula is C13H24N2O4. The molecule has 0 radical (unpaired) electrons. The van der Waals surface area contributed by atoms with Gasteiger partial charge in [0.25, 0.3) is 0 Å². The van der Waals surface area contributed by atoms with Crippen molar-refractivity contribution in [2.75, 3.05) is 26.2 Å². The summed E-state index contributed by atoms with van der Waals surface area (Å²) in [6, 6.07) is -0.119. The first-order valence-corrected chi connectivity index (χ1v) is 6.92. The van der Waals surface area contributed by atoms with E-state index < -0.39 is 12.1 Å². The lowest BCUT2D eigenvalue weighted by Gasteiger charge is -2.20. The van der Waals surface area contributed by atoms with Crippen LogP contribution in [0.3, 0.4) is 0 Å². The molecule has 2 amide bonds. The highest BCUT2D eigenvalue weighted by Gasteiger charge is 2.25. The quantitative estimate of drug-likeness (QED) is 0.732. The predicted molar refractivity (Wildman–Crippen MR) is 71.0 cm³/mol. The van der Waals surface area contributed by atoms with E-state index >= 15 is 0 Å². The van der Waals surface area contributed by atoms with Crippen LogP contribution in [0.5, 0.6) is 0 Å². The molecule has 0 aromatic heterocycles. The summed E-state index contributed by atoms with van der Waals surface area (Å²) < 4.78 is 5.29. The molecule has 0 aromatic rings. The number of urea groups is 1. The fraction of sp³-hybridized carbons (Fsp3) is 0.846. The lowest BCUT2D eigenvalue weighted by molar-refractivity contribution is -0.140. The van der Waals surface area contributed by atoms with Crippen LogP contribution in [0.15, 0.2) is 0 Å². The Morgan fingerprint density at radius 1 is 1.47 bits per heavy atom. The van der Waals surface area contributed by atoms with E-state index in [1.54, 1.807) is 4.90 Å². The van der Waals surface area contributed by atoms with Crippen LogP contribution in [0.4, 0.5) is 4.79 Å². The summed E-state index contributed by atoms with van der Waals surface area (Å²) in [4.78, 5) is 24.4. The van der Waals surface area contributed by atoms with Crippen molar-refractivity contribution < 1.29 is 19.4 Å². The van der Waals surface area contributed by atoms with Crippen LogP contribution >= 0.6 is 0 Å². The van der Waals surface area contributed by atoms with Gasteiger partial charge < -0.3 is 20.1 Å². The number of nitrogens with zero attached hydrogens (tertiary/aromatic N) is 1. The number of ether oxygens (including phenoxy) is 1. The zero-order valence-electron chi connectivity index (χ0n) is 11.7. The fourth-order valence-electron chi connectivity index (χ4n) is 2.28. The highest BCUT2D eigenvalue weighted by atomic mass is 16.5. The molecule has 0 saturated carbocycles. The molecule has 19 heavy (non-hydrogen) atoms. The molecule has 6 heteroatoms. The average Bonchev–Trinajstić information content (AvgIpc) is 2.84. The van der Waals surface area contributed by atoms with E-state index in [1.807, 2.05) is 6.92 Å². The van der Waals surface area contributed by atoms with Crippen LogP contribution in [0.1, 0.15) is 33.1 Å². The van der Waals surface area contributed by atoms with E-state index in [1.165, 1.54) is 0 Å². The maximum absolute atomic E-state index is 11.9. The minimum Gasteiger partial charge on any atom is -0.481 e. The smallest absolute Gasteiger partial charge is 0.317 e. The minimum absolute atomic E-state index is 0.0916. The van der Waals surface area contributed by atoms with Gasteiger partial charge in [0, 0.05) is 26.2 Å². The third-order valence-corrected chi connectivity index (χ3v) is 3.44. The highest BCUT2D eigenvalue weighted by molar-refractivity contribution is 5.74. The van der Waals surface area contributed by atoms with Gasteiger partial charge in [0.15, 0.2) is 0 Å². The van der Waals surface area contributed by atoms with Gasteiger partial charge >= 0.3 is 12.0 Å². The third-order valence-electron chi connectivity index (χ3n) is 3.44. The van der Waals surface area contributed by atoms with Crippen LogP contribution in [-0.2, 0) is 9.53 Å². The number of carbonyl (C=O) groups is 2. The first-order valence-electron chi connectivity index (χ1n) is 6.92. The Morgan fingerprint density at radius 3 is 2.74 bits per heavy atom. The minimum atomic E-state index is -0.917. The van der Waals surface area contributed by atoms with Crippen LogP contribution in [0, 0.1) is 5.92 Å². The van der Waals surface area contributed by atoms with Crippen molar-refractivity contribution in [2.45, 2.75) is 39.2 Å². The summed E-state index contributed by atoms with van der Waals surface area (Å²) in [5, 5.41) is 11.5. The molecule has 1 aliphatic rings. The lowest BCUT2D eigenvalue weighted by atomic mass is 10.1. The second-order valence-corrected chi connectivity index (χ2v) is 4.87. The van der Waals surface area contributed by atoms with Gasteiger partial charge in [-0.15, -0.1) is 0 Å². The van der Waals surface area contributed by atoms with E-state index in [0.29, 0.717) is 12.5 Å². The molecule has 0 aromatic carbocycles. The summed E-state index contributed by atoms with van der Waals surface area (Å²) in [5.41, 5.74) is 0. The van der Waals surface area contributed by atoms with Crippen LogP contribution in [0.2, 0.25) is 0 Å². The second kappa shape index (κ2) is 7.99. The number of carbonyl (C=O) groups excluding carboxylic acids is 1. The molecule has 1 saturated heterocycles. The number of carboxylic acid groups (broad SMARTS) is 1. The predicted octanol–water partition coefficient (Wildman–Crippen LogP) is 1.31. The summed E-state index contributed by atoms with van der Waals surface area (Å²) >= 11 is 0. The summed E-state index contributed by atoms with van der Waals surface area (Å²) in [5.74, 6) is -0.327. The number of hydrogen-bond acceptors (Lipinski definition) is 3. The van der Waals surface area contributed by atoms with Crippen molar-refractivity contribution in [3.05, 3.63) is 0 Å². The van der Waals surface area contributed by atoms with E-state index in [-0.39, 0.29) is 19.0 Å². The Morgan fingerprint density at radius 2 is 2.21 bits per heavy atom. The van der Waals surface area contributed by atoms with E-state index in [0.717, 1.165) is 25.9 Å².